The van der Waals surface area contributed by atoms with Crippen molar-refractivity contribution >= 4 is 42.6 Å². The number of aromatic nitrogens is 4. The van der Waals surface area contributed by atoms with Gasteiger partial charge in [-0.2, -0.15) is 0 Å². The number of pyridine rings is 1. The molecule has 14 heteroatoms. The van der Waals surface area contributed by atoms with E-state index in [1.807, 2.05) is 57.2 Å². The highest BCUT2D eigenvalue weighted by Gasteiger charge is 2.30. The Bertz CT molecular complexity index is 1820. The normalized spacial score (nSPS) is 15.8. The molecule has 2 N–H and O–H groups in total. The van der Waals surface area contributed by atoms with Crippen molar-refractivity contribution in [1.82, 2.24) is 29.7 Å². The molecule has 0 unspecified atom stereocenters. The molecule has 5 heterocycles. The fraction of sp³-hybridized carbons (Fsp3) is 0.486. The van der Waals surface area contributed by atoms with E-state index in [0.29, 0.717) is 57.6 Å². The zero-order chi connectivity index (χ0) is 36.2. The van der Waals surface area contributed by atoms with Gasteiger partial charge in [0.15, 0.2) is 0 Å². The van der Waals surface area contributed by atoms with E-state index in [4.69, 9.17) is 19.2 Å². The summed E-state index contributed by atoms with van der Waals surface area (Å²) in [5.41, 5.74) is 4.21. The molecule has 272 valence electrons. The van der Waals surface area contributed by atoms with Crippen molar-refractivity contribution in [2.45, 2.75) is 71.4 Å². The van der Waals surface area contributed by atoms with Crippen LogP contribution in [0.4, 0.5) is 16.3 Å². The van der Waals surface area contributed by atoms with Crippen molar-refractivity contribution < 1.29 is 23.8 Å². The fourth-order valence-electron chi connectivity index (χ4n) is 6.12. The first-order chi connectivity index (χ1) is 24.3. The summed E-state index contributed by atoms with van der Waals surface area (Å²) in [5, 5.41) is 6.87. The highest BCUT2D eigenvalue weighted by Crippen LogP contribution is 2.33. The third kappa shape index (κ3) is 9.70. The number of carbonyl (C=O) groups is 2. The number of rotatable bonds is 12. The number of anilines is 2. The molecule has 0 atom stereocenters. The van der Waals surface area contributed by atoms with E-state index in [1.165, 1.54) is 0 Å². The van der Waals surface area contributed by atoms with Gasteiger partial charge in [-0.15, -0.1) is 0 Å². The highest BCUT2D eigenvalue weighted by molar-refractivity contribution is 6.76. The number of nitrogens with zero attached hydrogens (tertiary/aromatic N) is 6. The zero-order valence-electron chi connectivity index (χ0n) is 30.6. The molecule has 2 aliphatic heterocycles. The number of morpholine rings is 1. The molecule has 2 saturated heterocycles. The Morgan fingerprint density at radius 1 is 1.00 bits per heavy atom. The standard InChI is InChI=1S/C37H50N8O5Si/c1-37(2,3)50-36(47)42-29-22-43(23-29)21-26-11-12-38-31(19-26)35(46)41-28-9-7-27(8-10-28)32-20-30-33(44-13-15-48-16-14-44)39-24-40-34(30)45(32)25-49-17-18-51(4,5)6/h7-12,19-20,24,29H,13-18,21-23,25H2,1-6H3,(H,41,46)(H,42,47). The first-order valence-corrected chi connectivity index (χ1v) is 21.4. The van der Waals surface area contributed by atoms with E-state index in [2.05, 4.69) is 60.7 Å². The second-order valence-electron chi connectivity index (χ2n) is 15.5. The highest BCUT2D eigenvalue weighted by atomic mass is 28.3. The van der Waals surface area contributed by atoms with Crippen LogP contribution in [0, 0.1) is 0 Å². The van der Waals surface area contributed by atoms with Crippen LogP contribution in [0.2, 0.25) is 25.7 Å². The van der Waals surface area contributed by atoms with Gasteiger partial charge < -0.3 is 34.3 Å². The minimum absolute atomic E-state index is 0.0379. The smallest absolute Gasteiger partial charge is 0.407 e. The number of hydrogen-bond acceptors (Lipinski definition) is 10. The summed E-state index contributed by atoms with van der Waals surface area (Å²) in [6.45, 7) is 18.6. The first-order valence-electron chi connectivity index (χ1n) is 17.6. The van der Waals surface area contributed by atoms with Crippen LogP contribution >= 0.6 is 0 Å². The molecule has 1 aromatic carbocycles. The molecule has 13 nitrogen and oxygen atoms in total. The Hall–Kier alpha value is -4.37. The predicted octanol–water partition coefficient (Wildman–Crippen LogP) is 5.60. The van der Waals surface area contributed by atoms with Crippen LogP contribution in [-0.2, 0) is 27.5 Å². The molecule has 51 heavy (non-hydrogen) atoms. The Morgan fingerprint density at radius 3 is 2.45 bits per heavy atom. The maximum Gasteiger partial charge on any atom is 0.407 e. The number of nitrogens with one attached hydrogen (secondary N) is 2. The van der Waals surface area contributed by atoms with Gasteiger partial charge in [-0.1, -0.05) is 31.8 Å². The average Bonchev–Trinajstić information content (AvgIpc) is 3.44. The van der Waals surface area contributed by atoms with Crippen LogP contribution in [-0.4, -0.2) is 102 Å². The van der Waals surface area contributed by atoms with Gasteiger partial charge >= 0.3 is 6.09 Å². The quantitative estimate of drug-likeness (QED) is 0.141. The molecule has 4 aromatic rings. The molecule has 0 bridgehead atoms. The van der Waals surface area contributed by atoms with Crippen molar-refractivity contribution in [2.75, 3.05) is 56.2 Å². The molecule has 2 amide bonds. The number of likely N-dealkylation sites (tertiary alicyclic amines) is 1. The van der Waals surface area contributed by atoms with E-state index in [1.54, 1.807) is 12.5 Å². The van der Waals surface area contributed by atoms with Crippen LogP contribution in [0.3, 0.4) is 0 Å². The van der Waals surface area contributed by atoms with Gasteiger partial charge in [0.1, 0.15) is 35.8 Å². The minimum Gasteiger partial charge on any atom is -0.444 e. The molecule has 3 aromatic heterocycles. The van der Waals surface area contributed by atoms with E-state index in [0.717, 1.165) is 52.8 Å². The van der Waals surface area contributed by atoms with Gasteiger partial charge in [0, 0.05) is 59.3 Å². The van der Waals surface area contributed by atoms with Crippen LogP contribution in [0.1, 0.15) is 36.8 Å². The second kappa shape index (κ2) is 15.5. The predicted molar refractivity (Wildman–Crippen MR) is 201 cm³/mol. The lowest BCUT2D eigenvalue weighted by atomic mass is 10.1. The molecular weight excluding hydrogens is 665 g/mol. The molecule has 0 radical (unpaired) electrons. The van der Waals surface area contributed by atoms with E-state index in [9.17, 15) is 9.59 Å². The van der Waals surface area contributed by atoms with Crippen molar-refractivity contribution in [3.8, 4) is 11.3 Å². The summed E-state index contributed by atoms with van der Waals surface area (Å²) in [6.07, 6.45) is 2.88. The topological polar surface area (TPSA) is 136 Å². The van der Waals surface area contributed by atoms with E-state index >= 15 is 0 Å². The lowest BCUT2D eigenvalue weighted by molar-refractivity contribution is 0.0392. The minimum atomic E-state index is -1.25. The van der Waals surface area contributed by atoms with Gasteiger partial charge in [0.25, 0.3) is 5.91 Å². The first kappa shape index (κ1) is 36.4. The van der Waals surface area contributed by atoms with Crippen molar-refractivity contribution in [2.24, 2.45) is 0 Å². The number of alkyl carbamates (subject to hydrolysis) is 1. The van der Waals surface area contributed by atoms with E-state index in [-0.39, 0.29) is 11.9 Å². The van der Waals surface area contributed by atoms with Gasteiger partial charge in [0.2, 0.25) is 0 Å². The van der Waals surface area contributed by atoms with Crippen molar-refractivity contribution in [3.05, 3.63) is 66.2 Å². The molecule has 6 rings (SSSR count). The molecule has 0 saturated carbocycles. The molecule has 0 spiro atoms. The molecular formula is C37H50N8O5Si. The molecule has 0 aliphatic carbocycles. The number of ether oxygens (including phenoxy) is 3. The number of amides is 2. The van der Waals surface area contributed by atoms with Crippen LogP contribution in [0.15, 0.2) is 55.0 Å². The number of fused-ring (bicyclic) bond motifs is 1. The Balaban J connectivity index is 1.12. The molecule has 2 fully saturated rings. The summed E-state index contributed by atoms with van der Waals surface area (Å²) < 4.78 is 19.3. The molecule has 2 aliphatic rings. The summed E-state index contributed by atoms with van der Waals surface area (Å²) in [7, 11) is -1.25. The van der Waals surface area contributed by atoms with Crippen LogP contribution in [0.25, 0.3) is 22.3 Å². The van der Waals surface area contributed by atoms with Crippen LogP contribution < -0.4 is 15.5 Å². The fourth-order valence-corrected chi connectivity index (χ4v) is 6.88. The lowest BCUT2D eigenvalue weighted by Gasteiger charge is -2.39. The monoisotopic (exact) mass is 714 g/mol. The number of hydrogen-bond donors (Lipinski definition) is 2. The Kier molecular flexibility index (Phi) is 11.1. The number of benzene rings is 1. The third-order valence-electron chi connectivity index (χ3n) is 8.78. The SMILES string of the molecule is CC(C)(C)OC(=O)NC1CN(Cc2ccnc(C(=O)Nc3ccc(-c4cc5c(N6CCOCC6)ncnc5n4COCC[Si](C)(C)C)cc3)c2)C1. The maximum absolute atomic E-state index is 13.3. The Labute approximate surface area is 300 Å². The Morgan fingerprint density at radius 2 is 1.75 bits per heavy atom. The lowest BCUT2D eigenvalue weighted by Crippen LogP contribution is -2.59. The van der Waals surface area contributed by atoms with Crippen LogP contribution in [0.5, 0.6) is 0 Å². The zero-order valence-corrected chi connectivity index (χ0v) is 31.6. The summed E-state index contributed by atoms with van der Waals surface area (Å²) >= 11 is 0. The van der Waals surface area contributed by atoms with E-state index < -0.39 is 19.8 Å². The summed E-state index contributed by atoms with van der Waals surface area (Å²) in [5.74, 6) is 0.614. The van der Waals surface area contributed by atoms with Gasteiger partial charge in [0.05, 0.1) is 30.3 Å². The second-order valence-corrected chi connectivity index (χ2v) is 21.1. The van der Waals surface area contributed by atoms with Gasteiger partial charge in [-0.3, -0.25) is 14.7 Å². The van der Waals surface area contributed by atoms with Crippen molar-refractivity contribution in [1.29, 1.82) is 0 Å². The largest absolute Gasteiger partial charge is 0.444 e. The number of carbonyl (C=O) groups excluding carboxylic acids is 2. The maximum atomic E-state index is 13.3. The summed E-state index contributed by atoms with van der Waals surface area (Å²) in [6, 6.07) is 14.8. The van der Waals surface area contributed by atoms with Crippen molar-refractivity contribution in [3.63, 3.8) is 0 Å². The average molecular weight is 715 g/mol. The third-order valence-corrected chi connectivity index (χ3v) is 10.5. The van der Waals surface area contributed by atoms with Gasteiger partial charge in [-0.25, -0.2) is 14.8 Å². The van der Waals surface area contributed by atoms with Gasteiger partial charge in [-0.05, 0) is 68.3 Å². The summed E-state index contributed by atoms with van der Waals surface area (Å²) in [4.78, 5) is 43.5.